The molecule has 1 spiro atoms. The van der Waals surface area contributed by atoms with Crippen LogP contribution in [0.4, 0.5) is 0 Å². The Morgan fingerprint density at radius 2 is 2.19 bits per heavy atom. The van der Waals surface area contributed by atoms with Gasteiger partial charge >= 0.3 is 0 Å². The molecule has 0 radical (unpaired) electrons. The van der Waals surface area contributed by atoms with Crippen LogP contribution in [0, 0.1) is 5.41 Å². The molecule has 1 N–H and O–H groups in total. The van der Waals surface area contributed by atoms with Gasteiger partial charge in [-0.25, -0.2) is 4.98 Å². The van der Waals surface area contributed by atoms with Crippen LogP contribution in [0.15, 0.2) is 10.7 Å². The summed E-state index contributed by atoms with van der Waals surface area (Å²) in [4.78, 5) is 7.15. The maximum absolute atomic E-state index is 5.53. The van der Waals surface area contributed by atoms with E-state index in [0.717, 1.165) is 18.1 Å². The summed E-state index contributed by atoms with van der Waals surface area (Å²) in [6.45, 7) is 9.98. The molecule has 0 bridgehead atoms. The lowest BCUT2D eigenvalue weighted by Gasteiger charge is -2.39. The van der Waals surface area contributed by atoms with Gasteiger partial charge in [0.2, 0.25) is 0 Å². The molecule has 1 unspecified atom stereocenters. The summed E-state index contributed by atoms with van der Waals surface area (Å²) in [6.07, 6.45) is 5.87. The maximum Gasteiger partial charge on any atom is 0.196 e. The number of nitrogens with zero attached hydrogens (tertiary/aromatic N) is 2. The predicted molar refractivity (Wildman–Crippen MR) is 89.5 cm³/mol. The van der Waals surface area contributed by atoms with Gasteiger partial charge < -0.3 is 9.73 Å². The number of hydrogen-bond acceptors (Lipinski definition) is 4. The van der Waals surface area contributed by atoms with Crippen molar-refractivity contribution in [1.29, 1.82) is 0 Å². The van der Waals surface area contributed by atoms with Gasteiger partial charge in [-0.3, -0.25) is 4.90 Å². The van der Waals surface area contributed by atoms with E-state index < -0.39 is 0 Å². The van der Waals surface area contributed by atoms with Gasteiger partial charge in [-0.2, -0.15) is 0 Å². The van der Waals surface area contributed by atoms with E-state index in [1.807, 2.05) is 6.26 Å². The summed E-state index contributed by atoms with van der Waals surface area (Å²) in [5.41, 5.74) is 1.62. The predicted octanol–water partition coefficient (Wildman–Crippen LogP) is 3.22. The fraction of sp³-hybridized carbons (Fsp3) is 0.800. The highest BCUT2D eigenvalue weighted by molar-refractivity contribution is 5.85. The second-order valence-corrected chi connectivity index (χ2v) is 6.57. The van der Waals surface area contributed by atoms with E-state index in [-0.39, 0.29) is 24.8 Å². The lowest BCUT2D eigenvalue weighted by Crippen LogP contribution is -2.44. The van der Waals surface area contributed by atoms with Crippen LogP contribution < -0.4 is 5.32 Å². The van der Waals surface area contributed by atoms with Crippen LogP contribution >= 0.6 is 24.8 Å². The van der Waals surface area contributed by atoms with Crippen molar-refractivity contribution in [3.05, 3.63) is 17.8 Å². The first-order chi connectivity index (χ1) is 9.17. The van der Waals surface area contributed by atoms with Crippen LogP contribution in [0.3, 0.4) is 0 Å². The van der Waals surface area contributed by atoms with Crippen molar-refractivity contribution in [1.82, 2.24) is 15.2 Å². The third-order valence-electron chi connectivity index (χ3n) is 4.52. The highest BCUT2D eigenvalue weighted by Crippen LogP contribution is 2.35. The van der Waals surface area contributed by atoms with E-state index in [4.69, 9.17) is 4.42 Å². The zero-order valence-corrected chi connectivity index (χ0v) is 14.6. The van der Waals surface area contributed by atoms with Crippen LogP contribution in [0.25, 0.3) is 0 Å². The molecule has 0 saturated carbocycles. The Morgan fingerprint density at radius 3 is 2.81 bits per heavy atom. The number of rotatable bonds is 3. The largest absolute Gasteiger partial charge is 0.448 e. The van der Waals surface area contributed by atoms with Gasteiger partial charge in [0.1, 0.15) is 6.26 Å². The summed E-state index contributed by atoms with van der Waals surface area (Å²) in [7, 11) is 0. The van der Waals surface area contributed by atoms with E-state index in [1.54, 1.807) is 0 Å². The highest BCUT2D eigenvalue weighted by atomic mass is 35.5. The number of oxazole rings is 1. The Labute approximate surface area is 139 Å². The van der Waals surface area contributed by atoms with E-state index >= 15 is 0 Å². The minimum absolute atomic E-state index is 0. The number of halogens is 2. The Morgan fingerprint density at radius 1 is 1.38 bits per heavy atom. The standard InChI is InChI=1S/C15H25N3O.2ClH/c1-12(2)14-17-13(9-19-14)8-18-7-3-4-15(11-18)5-6-16-10-15;;/h9,12,16H,3-8,10-11H2,1-2H3;2*1H. The smallest absolute Gasteiger partial charge is 0.196 e. The van der Waals surface area contributed by atoms with Gasteiger partial charge in [0.05, 0.1) is 5.69 Å². The number of likely N-dealkylation sites (tertiary alicyclic amines) is 1. The van der Waals surface area contributed by atoms with Gasteiger partial charge in [0.15, 0.2) is 5.89 Å². The molecule has 2 aliphatic heterocycles. The van der Waals surface area contributed by atoms with Crippen molar-refractivity contribution >= 4 is 24.8 Å². The Hall–Kier alpha value is -0.290. The van der Waals surface area contributed by atoms with Crippen LogP contribution in [0.5, 0.6) is 0 Å². The summed E-state index contributed by atoms with van der Waals surface area (Å²) in [5, 5.41) is 3.53. The van der Waals surface area contributed by atoms with Crippen LogP contribution in [-0.4, -0.2) is 36.1 Å². The Bertz CT molecular complexity index is 430. The molecular weight excluding hydrogens is 309 g/mol. The molecular formula is C15H27Cl2N3O. The first kappa shape index (κ1) is 18.8. The summed E-state index contributed by atoms with van der Waals surface area (Å²) in [5.74, 6) is 1.24. The molecule has 2 saturated heterocycles. The van der Waals surface area contributed by atoms with Crippen molar-refractivity contribution in [3.63, 3.8) is 0 Å². The van der Waals surface area contributed by atoms with Gasteiger partial charge in [0.25, 0.3) is 0 Å². The van der Waals surface area contributed by atoms with E-state index in [0.29, 0.717) is 11.3 Å². The average molecular weight is 336 g/mol. The Kier molecular flexibility index (Phi) is 6.98. The molecule has 0 aliphatic carbocycles. The van der Waals surface area contributed by atoms with Gasteiger partial charge in [-0.05, 0) is 37.8 Å². The minimum Gasteiger partial charge on any atom is -0.448 e. The van der Waals surface area contributed by atoms with E-state index in [2.05, 4.69) is 29.0 Å². The molecule has 1 aromatic rings. The average Bonchev–Trinajstić information content (AvgIpc) is 3.00. The number of aromatic nitrogens is 1. The lowest BCUT2D eigenvalue weighted by atomic mass is 9.79. The zero-order chi connectivity index (χ0) is 13.3. The van der Waals surface area contributed by atoms with Crippen LogP contribution in [0.1, 0.15) is 50.6 Å². The molecule has 0 amide bonds. The maximum atomic E-state index is 5.53. The Balaban J connectivity index is 0.00000110. The minimum atomic E-state index is 0. The number of hydrogen-bond donors (Lipinski definition) is 1. The van der Waals surface area contributed by atoms with Crippen molar-refractivity contribution in [2.75, 3.05) is 26.2 Å². The molecule has 21 heavy (non-hydrogen) atoms. The van der Waals surface area contributed by atoms with Crippen LogP contribution in [0.2, 0.25) is 0 Å². The molecule has 4 nitrogen and oxygen atoms in total. The monoisotopic (exact) mass is 335 g/mol. The normalized spacial score (nSPS) is 25.9. The zero-order valence-electron chi connectivity index (χ0n) is 12.9. The number of piperidine rings is 1. The number of nitrogens with one attached hydrogen (secondary N) is 1. The van der Waals surface area contributed by atoms with Gasteiger partial charge in [0, 0.05) is 25.6 Å². The first-order valence-electron chi connectivity index (χ1n) is 7.54. The van der Waals surface area contributed by atoms with Crippen LogP contribution in [-0.2, 0) is 6.54 Å². The van der Waals surface area contributed by atoms with Crippen molar-refractivity contribution < 1.29 is 4.42 Å². The quantitative estimate of drug-likeness (QED) is 0.920. The topological polar surface area (TPSA) is 41.3 Å². The van der Waals surface area contributed by atoms with Crippen molar-refractivity contribution in [3.8, 4) is 0 Å². The van der Waals surface area contributed by atoms with Crippen molar-refractivity contribution in [2.24, 2.45) is 5.41 Å². The molecule has 122 valence electrons. The first-order valence-corrected chi connectivity index (χ1v) is 7.54. The molecule has 6 heteroatoms. The lowest BCUT2D eigenvalue weighted by molar-refractivity contribution is 0.0967. The second kappa shape index (κ2) is 7.82. The van der Waals surface area contributed by atoms with Gasteiger partial charge in [-0.1, -0.05) is 13.8 Å². The SMILES string of the molecule is CC(C)c1nc(CN2CCCC3(CCNC3)C2)co1.Cl.Cl. The molecule has 1 atom stereocenters. The molecule has 0 aromatic carbocycles. The second-order valence-electron chi connectivity index (χ2n) is 6.57. The molecule has 3 heterocycles. The molecule has 2 aliphatic rings. The summed E-state index contributed by atoms with van der Waals surface area (Å²) >= 11 is 0. The molecule has 3 rings (SSSR count). The molecule has 1 aromatic heterocycles. The fourth-order valence-electron chi connectivity index (χ4n) is 3.48. The third kappa shape index (κ3) is 4.35. The van der Waals surface area contributed by atoms with E-state index in [9.17, 15) is 0 Å². The highest BCUT2D eigenvalue weighted by Gasteiger charge is 2.37. The third-order valence-corrected chi connectivity index (χ3v) is 4.52. The van der Waals surface area contributed by atoms with Crippen molar-refractivity contribution in [2.45, 2.75) is 45.6 Å². The molecule has 2 fully saturated rings. The van der Waals surface area contributed by atoms with Gasteiger partial charge in [-0.15, -0.1) is 24.8 Å². The summed E-state index contributed by atoms with van der Waals surface area (Å²) < 4.78 is 5.53. The summed E-state index contributed by atoms with van der Waals surface area (Å²) in [6, 6.07) is 0. The van der Waals surface area contributed by atoms with E-state index in [1.165, 1.54) is 45.4 Å². The fourth-order valence-corrected chi connectivity index (χ4v) is 3.48.